The zero-order chi connectivity index (χ0) is 18.8. The number of nitrogens with one attached hydrogen (secondary N) is 2. The molecular weight excluding hydrogens is 360 g/mol. The molecule has 4 rings (SSSR count). The molecule has 3 heterocycles. The number of amides is 2. The fraction of sp³-hybridized carbons (Fsp3) is 0.368. The van der Waals surface area contributed by atoms with Crippen molar-refractivity contribution in [3.63, 3.8) is 0 Å². The maximum atomic E-state index is 12.5. The van der Waals surface area contributed by atoms with E-state index < -0.39 is 0 Å². The van der Waals surface area contributed by atoms with Gasteiger partial charge < -0.3 is 9.88 Å². The van der Waals surface area contributed by atoms with Crippen molar-refractivity contribution in [3.05, 3.63) is 47.7 Å². The van der Waals surface area contributed by atoms with Crippen molar-refractivity contribution in [3.8, 4) is 10.6 Å². The van der Waals surface area contributed by atoms with Crippen LogP contribution < -0.4 is 10.6 Å². The summed E-state index contributed by atoms with van der Waals surface area (Å²) in [5.41, 5.74) is 1.85. The molecule has 8 heteroatoms. The Bertz CT molecular complexity index is 949. The summed E-state index contributed by atoms with van der Waals surface area (Å²) in [5.74, 6) is 1.82. The molecule has 0 spiro atoms. The monoisotopic (exact) mass is 382 g/mol. The number of hydrogen-bond acceptors (Lipinski definition) is 5. The van der Waals surface area contributed by atoms with Gasteiger partial charge in [-0.05, 0) is 26.7 Å². The van der Waals surface area contributed by atoms with E-state index in [-0.39, 0.29) is 12.1 Å². The van der Waals surface area contributed by atoms with Crippen molar-refractivity contribution in [1.29, 1.82) is 0 Å². The summed E-state index contributed by atoms with van der Waals surface area (Å²) < 4.78 is 2.12. The molecule has 27 heavy (non-hydrogen) atoms. The number of urea groups is 1. The van der Waals surface area contributed by atoms with E-state index in [9.17, 15) is 4.79 Å². The second kappa shape index (κ2) is 7.48. The highest BCUT2D eigenvalue weighted by molar-refractivity contribution is 7.19. The van der Waals surface area contributed by atoms with Gasteiger partial charge in [-0.1, -0.05) is 41.7 Å². The van der Waals surface area contributed by atoms with Crippen LogP contribution in [0.3, 0.4) is 0 Å². The number of thiazole rings is 1. The topological polar surface area (TPSA) is 84.7 Å². The largest absolute Gasteiger partial charge is 0.328 e. The molecule has 1 aromatic carbocycles. The number of hydrogen-bond donors (Lipinski definition) is 2. The first-order chi connectivity index (χ1) is 13.1. The van der Waals surface area contributed by atoms with E-state index in [4.69, 9.17) is 0 Å². The Hall–Kier alpha value is -2.74. The summed E-state index contributed by atoms with van der Waals surface area (Å²) in [7, 11) is 0. The smallest absolute Gasteiger partial charge is 0.320 e. The van der Waals surface area contributed by atoms with E-state index in [1.54, 1.807) is 0 Å². The lowest BCUT2D eigenvalue weighted by Gasteiger charge is -2.18. The van der Waals surface area contributed by atoms with Gasteiger partial charge in [0.1, 0.15) is 15.8 Å². The number of carbonyl (C=O) groups is 1. The Morgan fingerprint density at radius 3 is 2.85 bits per heavy atom. The molecule has 0 radical (unpaired) electrons. The van der Waals surface area contributed by atoms with Gasteiger partial charge in [-0.25, -0.2) is 9.78 Å². The molecule has 0 fully saturated rings. The van der Waals surface area contributed by atoms with Crippen LogP contribution in [0.5, 0.6) is 0 Å². The van der Waals surface area contributed by atoms with Crippen LogP contribution in [0.25, 0.3) is 10.6 Å². The van der Waals surface area contributed by atoms with Gasteiger partial charge in [0.2, 0.25) is 0 Å². The van der Waals surface area contributed by atoms with Gasteiger partial charge in [-0.2, -0.15) is 0 Å². The summed E-state index contributed by atoms with van der Waals surface area (Å²) in [4.78, 5) is 17.1. The van der Waals surface area contributed by atoms with E-state index in [0.29, 0.717) is 0 Å². The zero-order valence-electron chi connectivity index (χ0n) is 15.4. The molecule has 2 amide bonds. The standard InChI is InChI=1S/C19H22N6OS/c1-12(16-24-23-15-10-6-7-11-25(15)16)21-19(26)22-17-13(2)20-18(27-17)14-8-4-3-5-9-14/h3-5,8-9,12H,6-7,10-11H2,1-2H3,(H2,21,22,26). The summed E-state index contributed by atoms with van der Waals surface area (Å²) in [6, 6.07) is 9.48. The molecule has 0 saturated heterocycles. The molecular formula is C19H22N6OS. The van der Waals surface area contributed by atoms with E-state index in [0.717, 1.165) is 58.7 Å². The van der Waals surface area contributed by atoms with E-state index >= 15 is 0 Å². The normalized spacial score (nSPS) is 14.4. The van der Waals surface area contributed by atoms with Crippen LogP contribution >= 0.6 is 11.3 Å². The van der Waals surface area contributed by atoms with E-state index in [1.165, 1.54) is 11.3 Å². The quantitative estimate of drug-likeness (QED) is 0.716. The van der Waals surface area contributed by atoms with Crippen molar-refractivity contribution >= 4 is 22.4 Å². The summed E-state index contributed by atoms with van der Waals surface area (Å²) in [6.07, 6.45) is 3.22. The predicted molar refractivity (Wildman–Crippen MR) is 106 cm³/mol. The highest BCUT2D eigenvalue weighted by atomic mass is 32.1. The highest BCUT2D eigenvalue weighted by Crippen LogP contribution is 2.31. The molecule has 0 bridgehead atoms. The average molecular weight is 382 g/mol. The van der Waals surface area contributed by atoms with Gasteiger partial charge in [-0.3, -0.25) is 5.32 Å². The lowest BCUT2D eigenvalue weighted by Crippen LogP contribution is -2.33. The van der Waals surface area contributed by atoms with Gasteiger partial charge in [0.05, 0.1) is 11.7 Å². The first-order valence-electron chi connectivity index (χ1n) is 9.14. The van der Waals surface area contributed by atoms with Crippen LogP contribution in [0.4, 0.5) is 9.80 Å². The predicted octanol–water partition coefficient (Wildman–Crippen LogP) is 3.93. The number of aromatic nitrogens is 4. The molecule has 0 saturated carbocycles. The van der Waals surface area contributed by atoms with Crippen LogP contribution in [0, 0.1) is 6.92 Å². The van der Waals surface area contributed by atoms with Crippen molar-refractivity contribution in [1.82, 2.24) is 25.1 Å². The maximum Gasteiger partial charge on any atom is 0.320 e. The number of anilines is 1. The van der Waals surface area contributed by atoms with Crippen LogP contribution in [0.1, 0.15) is 43.1 Å². The first kappa shape index (κ1) is 17.7. The number of nitrogens with zero attached hydrogens (tertiary/aromatic N) is 4. The van der Waals surface area contributed by atoms with Crippen molar-refractivity contribution in [2.24, 2.45) is 0 Å². The minimum absolute atomic E-state index is 0.217. The Labute approximate surface area is 161 Å². The molecule has 3 aromatic rings. The number of rotatable bonds is 4. The van der Waals surface area contributed by atoms with Crippen LogP contribution in [0.2, 0.25) is 0 Å². The minimum Gasteiger partial charge on any atom is -0.328 e. The van der Waals surface area contributed by atoms with Crippen molar-refractivity contribution in [2.45, 2.75) is 45.7 Å². The van der Waals surface area contributed by atoms with Gasteiger partial charge in [-0.15, -0.1) is 10.2 Å². The number of fused-ring (bicyclic) bond motifs is 1. The summed E-state index contributed by atoms with van der Waals surface area (Å²) in [6.45, 7) is 4.75. The van der Waals surface area contributed by atoms with Crippen LogP contribution in [0.15, 0.2) is 30.3 Å². The lowest BCUT2D eigenvalue weighted by molar-refractivity contribution is 0.248. The Morgan fingerprint density at radius 1 is 1.22 bits per heavy atom. The molecule has 1 aliphatic rings. The third kappa shape index (κ3) is 3.71. The molecule has 1 aliphatic heterocycles. The fourth-order valence-electron chi connectivity index (χ4n) is 3.27. The van der Waals surface area contributed by atoms with Gasteiger partial charge in [0.15, 0.2) is 5.82 Å². The SMILES string of the molecule is Cc1nc(-c2ccccc2)sc1NC(=O)NC(C)c1nnc2n1CCCC2. The maximum absolute atomic E-state index is 12.5. The van der Waals surface area contributed by atoms with E-state index in [1.807, 2.05) is 44.2 Å². The molecule has 140 valence electrons. The fourth-order valence-corrected chi connectivity index (χ4v) is 4.24. The van der Waals surface area contributed by atoms with E-state index in [2.05, 4.69) is 30.4 Å². The Kier molecular flexibility index (Phi) is 4.89. The first-order valence-corrected chi connectivity index (χ1v) is 9.96. The third-order valence-corrected chi connectivity index (χ3v) is 5.79. The van der Waals surface area contributed by atoms with Crippen LogP contribution in [-0.2, 0) is 13.0 Å². The second-order valence-corrected chi connectivity index (χ2v) is 7.70. The highest BCUT2D eigenvalue weighted by Gasteiger charge is 2.22. The average Bonchev–Trinajstić information content (AvgIpc) is 3.26. The molecule has 1 unspecified atom stereocenters. The number of aryl methyl sites for hydroxylation is 2. The van der Waals surface area contributed by atoms with Crippen molar-refractivity contribution in [2.75, 3.05) is 5.32 Å². The summed E-state index contributed by atoms with van der Waals surface area (Å²) in [5, 5.41) is 16.1. The zero-order valence-corrected chi connectivity index (χ0v) is 16.2. The molecule has 1 atom stereocenters. The third-order valence-electron chi connectivity index (χ3n) is 4.67. The Morgan fingerprint density at radius 2 is 2.04 bits per heavy atom. The van der Waals surface area contributed by atoms with Crippen molar-refractivity contribution < 1.29 is 4.79 Å². The molecule has 0 aliphatic carbocycles. The minimum atomic E-state index is -0.262. The van der Waals surface area contributed by atoms with Crippen LogP contribution in [-0.4, -0.2) is 25.8 Å². The number of benzene rings is 1. The Balaban J connectivity index is 1.44. The van der Waals surface area contributed by atoms with Gasteiger partial charge in [0, 0.05) is 18.5 Å². The second-order valence-electron chi connectivity index (χ2n) is 6.70. The number of carbonyl (C=O) groups excluding carboxylic acids is 1. The lowest BCUT2D eigenvalue weighted by atomic mass is 10.1. The molecule has 7 nitrogen and oxygen atoms in total. The van der Waals surface area contributed by atoms with Gasteiger partial charge >= 0.3 is 6.03 Å². The van der Waals surface area contributed by atoms with Gasteiger partial charge in [0.25, 0.3) is 0 Å². The molecule has 2 N–H and O–H groups in total. The summed E-state index contributed by atoms with van der Waals surface area (Å²) >= 11 is 1.47. The molecule has 2 aromatic heterocycles.